The van der Waals surface area contributed by atoms with Gasteiger partial charge in [-0.3, -0.25) is 9.69 Å². The number of fused-ring (bicyclic) bond motifs is 4. The van der Waals surface area contributed by atoms with E-state index in [1.165, 1.54) is 11.1 Å². The van der Waals surface area contributed by atoms with E-state index in [0.717, 1.165) is 13.1 Å². The lowest BCUT2D eigenvalue weighted by Gasteiger charge is -2.38. The zero-order chi connectivity index (χ0) is 9.54. The fraction of sp³-hybridized carbons (Fsp3) is 0.364. The first-order valence-electron chi connectivity index (χ1n) is 4.92. The fourth-order valence-corrected chi connectivity index (χ4v) is 2.37. The summed E-state index contributed by atoms with van der Waals surface area (Å²) in [6.07, 6.45) is 0. The molecule has 1 amide bonds. The van der Waals surface area contributed by atoms with Crippen LogP contribution in [0.15, 0.2) is 24.3 Å². The molecule has 3 nitrogen and oxygen atoms in total. The molecule has 0 spiro atoms. The van der Waals surface area contributed by atoms with Crippen molar-refractivity contribution < 1.29 is 4.79 Å². The average molecular weight is 188 g/mol. The Bertz CT molecular complexity index is 389. The van der Waals surface area contributed by atoms with E-state index < -0.39 is 0 Å². The molecule has 1 saturated heterocycles. The van der Waals surface area contributed by atoms with E-state index in [9.17, 15) is 4.79 Å². The van der Waals surface area contributed by atoms with Crippen LogP contribution in [-0.4, -0.2) is 23.9 Å². The molecule has 14 heavy (non-hydrogen) atoms. The number of hydrogen-bond acceptors (Lipinski definition) is 2. The van der Waals surface area contributed by atoms with Crippen LogP contribution in [-0.2, 0) is 11.3 Å². The van der Waals surface area contributed by atoms with E-state index in [4.69, 9.17) is 0 Å². The topological polar surface area (TPSA) is 32.3 Å². The van der Waals surface area contributed by atoms with Gasteiger partial charge in [-0.1, -0.05) is 24.3 Å². The van der Waals surface area contributed by atoms with Crippen LogP contribution in [0.2, 0.25) is 0 Å². The molecule has 2 aliphatic heterocycles. The molecule has 1 N–H and O–H groups in total. The molecule has 3 rings (SSSR count). The zero-order valence-electron chi connectivity index (χ0n) is 7.86. The van der Waals surface area contributed by atoms with E-state index in [1.54, 1.807) is 0 Å². The number of benzene rings is 1. The second kappa shape index (κ2) is 2.82. The van der Waals surface area contributed by atoms with Gasteiger partial charge in [0.05, 0.1) is 12.6 Å². The summed E-state index contributed by atoms with van der Waals surface area (Å²) in [5, 5.41) is 3.02. The maximum absolute atomic E-state index is 11.3. The van der Waals surface area contributed by atoms with E-state index in [2.05, 4.69) is 28.4 Å². The van der Waals surface area contributed by atoms with Crippen molar-refractivity contribution >= 4 is 5.91 Å². The third-order valence-electron chi connectivity index (χ3n) is 2.97. The van der Waals surface area contributed by atoms with Crippen molar-refractivity contribution in [1.82, 2.24) is 10.2 Å². The molecule has 1 fully saturated rings. The van der Waals surface area contributed by atoms with Crippen molar-refractivity contribution in [2.45, 2.75) is 12.6 Å². The maximum atomic E-state index is 11.3. The number of amides is 1. The number of nitrogens with zero attached hydrogens (tertiary/aromatic N) is 1. The average Bonchev–Trinajstić information content (AvgIpc) is 2.17. The Morgan fingerprint density at radius 2 is 2.14 bits per heavy atom. The zero-order valence-corrected chi connectivity index (χ0v) is 7.86. The predicted octanol–water partition coefficient (Wildman–Crippen LogP) is 0.673. The third kappa shape index (κ3) is 1.13. The van der Waals surface area contributed by atoms with Crippen molar-refractivity contribution in [3.05, 3.63) is 35.4 Å². The normalized spacial score (nSPS) is 29.3. The van der Waals surface area contributed by atoms with Crippen molar-refractivity contribution in [1.29, 1.82) is 0 Å². The van der Waals surface area contributed by atoms with Crippen LogP contribution in [0.5, 0.6) is 0 Å². The third-order valence-corrected chi connectivity index (χ3v) is 2.97. The van der Waals surface area contributed by atoms with Crippen LogP contribution in [0.1, 0.15) is 17.2 Å². The minimum atomic E-state index is 0.149. The van der Waals surface area contributed by atoms with Gasteiger partial charge in [0.2, 0.25) is 5.91 Å². The molecular weight excluding hydrogens is 176 g/mol. The van der Waals surface area contributed by atoms with Gasteiger partial charge >= 0.3 is 0 Å². The summed E-state index contributed by atoms with van der Waals surface area (Å²) in [6, 6.07) is 8.56. The number of hydrogen-bond donors (Lipinski definition) is 1. The second-order valence-corrected chi connectivity index (χ2v) is 3.99. The Morgan fingerprint density at radius 3 is 3.07 bits per heavy atom. The van der Waals surface area contributed by atoms with Crippen molar-refractivity contribution in [2.24, 2.45) is 0 Å². The summed E-state index contributed by atoms with van der Waals surface area (Å²) in [5.74, 6) is 0.149. The van der Waals surface area contributed by atoms with Crippen molar-refractivity contribution in [3.8, 4) is 0 Å². The first kappa shape index (κ1) is 8.00. The van der Waals surface area contributed by atoms with Crippen LogP contribution in [0.25, 0.3) is 0 Å². The highest BCUT2D eigenvalue weighted by Gasteiger charge is 2.31. The van der Waals surface area contributed by atoms with Gasteiger partial charge < -0.3 is 5.32 Å². The van der Waals surface area contributed by atoms with Crippen LogP contribution in [0, 0.1) is 0 Å². The highest BCUT2D eigenvalue weighted by Crippen LogP contribution is 2.28. The first-order valence-corrected chi connectivity index (χ1v) is 4.92. The molecule has 1 aromatic rings. The molecule has 0 radical (unpaired) electrons. The highest BCUT2D eigenvalue weighted by atomic mass is 16.2. The number of rotatable bonds is 0. The van der Waals surface area contributed by atoms with Crippen LogP contribution >= 0.6 is 0 Å². The Labute approximate surface area is 82.7 Å². The maximum Gasteiger partial charge on any atom is 0.234 e. The summed E-state index contributed by atoms with van der Waals surface area (Å²) < 4.78 is 0. The summed E-state index contributed by atoms with van der Waals surface area (Å²) in [5.41, 5.74) is 2.64. The summed E-state index contributed by atoms with van der Waals surface area (Å²) >= 11 is 0. The van der Waals surface area contributed by atoms with E-state index >= 15 is 0 Å². The Balaban J connectivity index is 2.05. The second-order valence-electron chi connectivity index (χ2n) is 3.99. The lowest BCUT2D eigenvalue weighted by molar-refractivity contribution is -0.126. The molecule has 3 heteroatoms. The van der Waals surface area contributed by atoms with Gasteiger partial charge in [0, 0.05) is 13.1 Å². The highest BCUT2D eigenvalue weighted by molar-refractivity contribution is 5.79. The minimum absolute atomic E-state index is 0.149. The Hall–Kier alpha value is -1.35. The van der Waals surface area contributed by atoms with Gasteiger partial charge in [-0.05, 0) is 11.1 Å². The standard InChI is InChI=1S/C11H12N2O/c14-11-7-13-5-8-3-1-2-4-9(8)10(6-13)12-11/h1-4,10H,5-7H2,(H,12,14). The van der Waals surface area contributed by atoms with Gasteiger partial charge in [-0.25, -0.2) is 0 Å². The Morgan fingerprint density at radius 1 is 1.29 bits per heavy atom. The summed E-state index contributed by atoms with van der Waals surface area (Å²) in [7, 11) is 0. The molecule has 1 aromatic carbocycles. The number of piperazine rings is 1. The van der Waals surface area contributed by atoms with Crippen LogP contribution in [0.3, 0.4) is 0 Å². The molecule has 0 saturated carbocycles. The van der Waals surface area contributed by atoms with Gasteiger partial charge in [-0.15, -0.1) is 0 Å². The fourth-order valence-electron chi connectivity index (χ4n) is 2.37. The lowest BCUT2D eigenvalue weighted by atomic mass is 9.94. The monoisotopic (exact) mass is 188 g/mol. The van der Waals surface area contributed by atoms with E-state index in [1.807, 2.05) is 6.07 Å². The minimum Gasteiger partial charge on any atom is -0.347 e. The van der Waals surface area contributed by atoms with Gasteiger partial charge in [0.1, 0.15) is 0 Å². The number of carbonyl (C=O) groups excluding carboxylic acids is 1. The molecule has 2 heterocycles. The van der Waals surface area contributed by atoms with Crippen molar-refractivity contribution in [3.63, 3.8) is 0 Å². The quantitative estimate of drug-likeness (QED) is 0.649. The molecular formula is C11H12N2O. The smallest absolute Gasteiger partial charge is 0.234 e. The molecule has 0 aromatic heterocycles. The largest absolute Gasteiger partial charge is 0.347 e. The molecule has 2 unspecified atom stereocenters. The van der Waals surface area contributed by atoms with Crippen LogP contribution < -0.4 is 5.32 Å². The lowest BCUT2D eigenvalue weighted by Crippen LogP contribution is -2.51. The molecule has 2 bridgehead atoms. The van der Waals surface area contributed by atoms with Gasteiger partial charge in [0.15, 0.2) is 0 Å². The first-order chi connectivity index (χ1) is 6.83. The van der Waals surface area contributed by atoms with E-state index in [-0.39, 0.29) is 11.9 Å². The summed E-state index contributed by atoms with van der Waals surface area (Å²) in [4.78, 5) is 13.5. The molecule has 72 valence electrons. The van der Waals surface area contributed by atoms with Crippen molar-refractivity contribution in [2.75, 3.05) is 13.1 Å². The number of carbonyl (C=O) groups is 1. The van der Waals surface area contributed by atoms with Gasteiger partial charge in [0.25, 0.3) is 0 Å². The molecule has 2 aliphatic rings. The SMILES string of the molecule is O=C1CN2Cc3ccccc3C(C2)N1. The van der Waals surface area contributed by atoms with E-state index in [0.29, 0.717) is 6.54 Å². The predicted molar refractivity (Wildman–Crippen MR) is 52.6 cm³/mol. The molecule has 2 atom stereocenters. The number of nitrogens with one attached hydrogen (secondary N) is 1. The van der Waals surface area contributed by atoms with Crippen LogP contribution in [0.4, 0.5) is 0 Å². The summed E-state index contributed by atoms with van der Waals surface area (Å²) in [6.45, 7) is 2.42. The molecule has 0 aliphatic carbocycles. The van der Waals surface area contributed by atoms with Gasteiger partial charge in [-0.2, -0.15) is 0 Å². The Kier molecular flexibility index (Phi) is 1.61.